The van der Waals surface area contributed by atoms with Gasteiger partial charge >= 0.3 is 0 Å². The van der Waals surface area contributed by atoms with Crippen LogP contribution in [-0.4, -0.2) is 15.5 Å². The van der Waals surface area contributed by atoms with E-state index in [0.717, 1.165) is 0 Å². The standard InChI is InChI=1S/C18H13F2N3O/c19-12-5-3-4-11(8-12)13-9-16(24)22-18-17(13)21-10-23(18)15-7-2-1-6-14(15)20/h1-8,10,13H,9H2,(H,22,24)/t13-/m1/s1. The van der Waals surface area contributed by atoms with Crippen molar-refractivity contribution in [3.8, 4) is 5.69 Å². The van der Waals surface area contributed by atoms with Gasteiger partial charge in [0.25, 0.3) is 0 Å². The minimum absolute atomic E-state index is 0.171. The fraction of sp³-hybridized carbons (Fsp3) is 0.111. The highest BCUT2D eigenvalue weighted by Gasteiger charge is 2.31. The quantitative estimate of drug-likeness (QED) is 0.782. The molecule has 1 aliphatic heterocycles. The van der Waals surface area contributed by atoms with Crippen LogP contribution in [0.4, 0.5) is 14.6 Å². The number of hydrogen-bond acceptors (Lipinski definition) is 2. The van der Waals surface area contributed by atoms with Crippen molar-refractivity contribution < 1.29 is 13.6 Å². The van der Waals surface area contributed by atoms with Crippen LogP contribution in [0, 0.1) is 11.6 Å². The average Bonchev–Trinajstić information content (AvgIpc) is 2.98. The highest BCUT2D eigenvalue weighted by atomic mass is 19.1. The average molecular weight is 325 g/mol. The number of nitrogens with zero attached hydrogens (tertiary/aromatic N) is 2. The number of anilines is 1. The first kappa shape index (κ1) is 14.6. The second-order valence-corrected chi connectivity index (χ2v) is 5.66. The Balaban J connectivity index is 1.85. The molecule has 4 nitrogen and oxygen atoms in total. The number of rotatable bonds is 2. The summed E-state index contributed by atoms with van der Waals surface area (Å²) in [5.41, 5.74) is 1.57. The van der Waals surface area contributed by atoms with Crippen LogP contribution in [0.1, 0.15) is 23.6 Å². The van der Waals surface area contributed by atoms with Gasteiger partial charge in [-0.05, 0) is 29.8 Å². The Morgan fingerprint density at radius 1 is 1.12 bits per heavy atom. The molecule has 0 saturated carbocycles. The van der Waals surface area contributed by atoms with Gasteiger partial charge in [0, 0.05) is 12.3 Å². The SMILES string of the molecule is O=C1C[C@H](c2cccc(F)c2)c2ncn(-c3ccccc3F)c2N1. The molecule has 3 aromatic rings. The first-order valence-corrected chi connectivity index (χ1v) is 7.51. The summed E-state index contributed by atoms with van der Waals surface area (Å²) in [7, 11) is 0. The third kappa shape index (κ3) is 2.36. The van der Waals surface area contributed by atoms with Crippen LogP contribution >= 0.6 is 0 Å². The summed E-state index contributed by atoms with van der Waals surface area (Å²) in [5, 5.41) is 2.75. The maximum atomic E-state index is 14.1. The topological polar surface area (TPSA) is 46.9 Å². The maximum Gasteiger partial charge on any atom is 0.226 e. The smallest absolute Gasteiger partial charge is 0.226 e. The molecule has 1 aliphatic rings. The third-order valence-electron chi connectivity index (χ3n) is 4.14. The Labute approximate surface area is 136 Å². The van der Waals surface area contributed by atoms with Crippen LogP contribution in [-0.2, 0) is 4.79 Å². The van der Waals surface area contributed by atoms with Gasteiger partial charge in [0.05, 0.1) is 11.4 Å². The van der Waals surface area contributed by atoms with Crippen molar-refractivity contribution in [3.63, 3.8) is 0 Å². The molecule has 120 valence electrons. The van der Waals surface area contributed by atoms with Crippen LogP contribution < -0.4 is 5.32 Å². The molecule has 1 aromatic heterocycles. The van der Waals surface area contributed by atoms with Gasteiger partial charge in [0.1, 0.15) is 23.8 Å². The molecule has 0 fully saturated rings. The first-order chi connectivity index (χ1) is 11.6. The van der Waals surface area contributed by atoms with E-state index in [4.69, 9.17) is 0 Å². The predicted molar refractivity (Wildman–Crippen MR) is 85.0 cm³/mol. The van der Waals surface area contributed by atoms with E-state index >= 15 is 0 Å². The number of amides is 1. The molecule has 1 N–H and O–H groups in total. The van der Waals surface area contributed by atoms with Crippen LogP contribution in [0.25, 0.3) is 5.69 Å². The molecular formula is C18H13F2N3O. The summed E-state index contributed by atoms with van der Waals surface area (Å²) < 4.78 is 29.1. The minimum atomic E-state index is -0.417. The van der Waals surface area contributed by atoms with Crippen LogP contribution in [0.2, 0.25) is 0 Å². The molecule has 0 unspecified atom stereocenters. The lowest BCUT2D eigenvalue weighted by Crippen LogP contribution is -2.25. The van der Waals surface area contributed by atoms with Crippen molar-refractivity contribution in [2.24, 2.45) is 0 Å². The minimum Gasteiger partial charge on any atom is -0.310 e. The molecule has 2 heterocycles. The summed E-state index contributed by atoms with van der Waals surface area (Å²) in [6.45, 7) is 0. The molecule has 4 rings (SSSR count). The monoisotopic (exact) mass is 325 g/mol. The van der Waals surface area contributed by atoms with E-state index in [-0.39, 0.29) is 24.1 Å². The Kier molecular flexibility index (Phi) is 3.37. The van der Waals surface area contributed by atoms with Crippen LogP contribution in [0.3, 0.4) is 0 Å². The van der Waals surface area contributed by atoms with Gasteiger partial charge in [-0.1, -0.05) is 24.3 Å². The van der Waals surface area contributed by atoms with Crippen molar-refractivity contribution in [3.05, 3.63) is 77.8 Å². The largest absolute Gasteiger partial charge is 0.310 e. The summed E-state index contributed by atoms with van der Waals surface area (Å²) >= 11 is 0. The van der Waals surface area contributed by atoms with Crippen molar-refractivity contribution in [1.29, 1.82) is 0 Å². The zero-order chi connectivity index (χ0) is 16.7. The number of fused-ring (bicyclic) bond motifs is 1. The fourth-order valence-corrected chi connectivity index (χ4v) is 3.04. The fourth-order valence-electron chi connectivity index (χ4n) is 3.04. The highest BCUT2D eigenvalue weighted by molar-refractivity contribution is 5.94. The van der Waals surface area contributed by atoms with Gasteiger partial charge in [0.2, 0.25) is 5.91 Å². The molecule has 0 bridgehead atoms. The number of imidazole rings is 1. The number of hydrogen-bond donors (Lipinski definition) is 1. The normalized spacial score (nSPS) is 16.6. The van der Waals surface area contributed by atoms with Crippen molar-refractivity contribution in [2.75, 3.05) is 5.32 Å². The Hall–Kier alpha value is -3.02. The van der Waals surface area contributed by atoms with E-state index in [1.165, 1.54) is 29.1 Å². The van der Waals surface area contributed by atoms with Crippen molar-refractivity contribution >= 4 is 11.7 Å². The van der Waals surface area contributed by atoms with Gasteiger partial charge in [0.15, 0.2) is 0 Å². The third-order valence-corrected chi connectivity index (χ3v) is 4.14. The highest BCUT2D eigenvalue weighted by Crippen LogP contribution is 2.37. The van der Waals surface area contributed by atoms with Gasteiger partial charge in [-0.3, -0.25) is 9.36 Å². The zero-order valence-corrected chi connectivity index (χ0v) is 12.5. The van der Waals surface area contributed by atoms with E-state index in [2.05, 4.69) is 10.3 Å². The summed E-state index contributed by atoms with van der Waals surface area (Å²) in [6, 6.07) is 12.4. The second-order valence-electron chi connectivity index (χ2n) is 5.66. The number of aromatic nitrogens is 2. The molecule has 6 heteroatoms. The Bertz CT molecular complexity index is 936. The van der Waals surface area contributed by atoms with Crippen LogP contribution in [0.5, 0.6) is 0 Å². The van der Waals surface area contributed by atoms with E-state index in [9.17, 15) is 13.6 Å². The van der Waals surface area contributed by atoms with Gasteiger partial charge < -0.3 is 5.32 Å². The number of carbonyl (C=O) groups excluding carboxylic acids is 1. The lowest BCUT2D eigenvalue weighted by Gasteiger charge is -2.23. The molecular weight excluding hydrogens is 312 g/mol. The van der Waals surface area contributed by atoms with Gasteiger partial charge in [-0.15, -0.1) is 0 Å². The molecule has 24 heavy (non-hydrogen) atoms. The van der Waals surface area contributed by atoms with E-state index in [1.54, 1.807) is 30.3 Å². The molecule has 0 aliphatic carbocycles. The number of nitrogens with one attached hydrogen (secondary N) is 1. The second kappa shape index (κ2) is 5.56. The molecule has 0 spiro atoms. The molecule has 2 aromatic carbocycles. The number of carbonyl (C=O) groups is 1. The maximum absolute atomic E-state index is 14.1. The van der Waals surface area contributed by atoms with Gasteiger partial charge in [-0.2, -0.15) is 0 Å². The molecule has 1 amide bonds. The van der Waals surface area contributed by atoms with E-state index in [0.29, 0.717) is 22.8 Å². The lowest BCUT2D eigenvalue weighted by molar-refractivity contribution is -0.116. The van der Waals surface area contributed by atoms with E-state index in [1.807, 2.05) is 0 Å². The van der Waals surface area contributed by atoms with E-state index < -0.39 is 5.82 Å². The van der Waals surface area contributed by atoms with Crippen LogP contribution in [0.15, 0.2) is 54.9 Å². The van der Waals surface area contributed by atoms with Gasteiger partial charge in [-0.25, -0.2) is 13.8 Å². The summed E-state index contributed by atoms with van der Waals surface area (Å²) in [5.74, 6) is -0.939. The number of halogens is 2. The Morgan fingerprint density at radius 3 is 2.75 bits per heavy atom. The predicted octanol–water partition coefficient (Wildman–Crippen LogP) is 3.62. The zero-order valence-electron chi connectivity index (χ0n) is 12.5. The van der Waals surface area contributed by atoms with Crippen molar-refractivity contribution in [1.82, 2.24) is 9.55 Å². The lowest BCUT2D eigenvalue weighted by atomic mass is 9.90. The number of benzene rings is 2. The van der Waals surface area contributed by atoms with Crippen molar-refractivity contribution in [2.45, 2.75) is 12.3 Å². The summed E-state index contributed by atoms with van der Waals surface area (Å²) in [6.07, 6.45) is 1.64. The Morgan fingerprint density at radius 2 is 1.96 bits per heavy atom. The first-order valence-electron chi connectivity index (χ1n) is 7.51. The molecule has 0 saturated heterocycles. The molecule has 0 radical (unpaired) electrons. The number of para-hydroxylation sites is 1. The summed E-state index contributed by atoms with van der Waals surface area (Å²) in [4.78, 5) is 16.5. The molecule has 1 atom stereocenters.